The van der Waals surface area contributed by atoms with E-state index in [1.165, 1.54) is 0 Å². The van der Waals surface area contributed by atoms with Crippen molar-refractivity contribution in [3.63, 3.8) is 0 Å². The highest BCUT2D eigenvalue weighted by Crippen LogP contribution is 2.43. The van der Waals surface area contributed by atoms with Crippen molar-refractivity contribution in [3.05, 3.63) is 0 Å². The van der Waals surface area contributed by atoms with Gasteiger partial charge in [-0.2, -0.15) is 0 Å². The third-order valence-corrected chi connectivity index (χ3v) is 2.98. The largest absolute Gasteiger partial charge is 0.481 e. The zero-order chi connectivity index (χ0) is 13.9. The van der Waals surface area contributed by atoms with Gasteiger partial charge in [0.2, 0.25) is 0 Å². The van der Waals surface area contributed by atoms with Crippen LogP contribution in [0.15, 0.2) is 0 Å². The highest BCUT2D eigenvalue weighted by atomic mass is 16.4. The summed E-state index contributed by atoms with van der Waals surface area (Å²) in [5, 5.41) is 8.76. The second-order valence-corrected chi connectivity index (χ2v) is 8.14. The maximum atomic E-state index is 10.6. The Morgan fingerprint density at radius 1 is 0.882 bits per heavy atom. The second-order valence-electron chi connectivity index (χ2n) is 8.14. The summed E-state index contributed by atoms with van der Waals surface area (Å²) in [6.07, 6.45) is 3.27. The van der Waals surface area contributed by atoms with Gasteiger partial charge in [-0.05, 0) is 35.5 Å². The molecule has 0 saturated carbocycles. The topological polar surface area (TPSA) is 37.3 Å². The normalized spacial score (nSPS) is 13.8. The van der Waals surface area contributed by atoms with Gasteiger partial charge in [-0.15, -0.1) is 0 Å². The Hall–Kier alpha value is -0.530. The summed E-state index contributed by atoms with van der Waals surface area (Å²) in [5.41, 5.74) is 0.694. The van der Waals surface area contributed by atoms with Crippen LogP contribution in [0.2, 0.25) is 0 Å². The zero-order valence-electron chi connectivity index (χ0n) is 12.7. The summed E-state index contributed by atoms with van der Waals surface area (Å²) >= 11 is 0. The maximum Gasteiger partial charge on any atom is 0.303 e. The van der Waals surface area contributed by atoms with Crippen molar-refractivity contribution in [2.75, 3.05) is 0 Å². The van der Waals surface area contributed by atoms with Crippen LogP contribution in [0.4, 0.5) is 0 Å². The van der Waals surface area contributed by atoms with E-state index in [-0.39, 0.29) is 17.3 Å². The number of carboxylic acids is 1. The van der Waals surface area contributed by atoms with E-state index in [1.807, 2.05) is 0 Å². The van der Waals surface area contributed by atoms with E-state index in [0.29, 0.717) is 5.41 Å². The summed E-state index contributed by atoms with van der Waals surface area (Å²) in [7, 11) is 0. The van der Waals surface area contributed by atoms with Crippen molar-refractivity contribution in [2.24, 2.45) is 16.2 Å². The highest BCUT2D eigenvalue weighted by molar-refractivity contribution is 5.66. The average Bonchev–Trinajstić information content (AvgIpc) is 1.93. The predicted molar refractivity (Wildman–Crippen MR) is 73.1 cm³/mol. The summed E-state index contributed by atoms with van der Waals surface area (Å²) in [6, 6.07) is 0. The van der Waals surface area contributed by atoms with E-state index in [2.05, 4.69) is 48.5 Å². The van der Waals surface area contributed by atoms with Crippen molar-refractivity contribution in [2.45, 2.75) is 74.1 Å². The lowest BCUT2D eigenvalue weighted by Gasteiger charge is -2.38. The molecule has 0 fully saturated rings. The lowest BCUT2D eigenvalue weighted by Crippen LogP contribution is -2.28. The first-order valence-corrected chi connectivity index (χ1v) is 6.55. The fourth-order valence-electron chi connectivity index (χ4n) is 3.33. The summed E-state index contributed by atoms with van der Waals surface area (Å²) in [5.74, 6) is -0.688. The number of carbonyl (C=O) groups is 1. The first-order chi connectivity index (χ1) is 7.33. The zero-order valence-corrected chi connectivity index (χ0v) is 12.7. The van der Waals surface area contributed by atoms with Gasteiger partial charge < -0.3 is 5.11 Å². The number of hydrogen-bond acceptors (Lipinski definition) is 1. The maximum absolute atomic E-state index is 10.6. The van der Waals surface area contributed by atoms with Crippen LogP contribution < -0.4 is 0 Å². The molecule has 0 aliphatic carbocycles. The highest BCUT2D eigenvalue weighted by Gasteiger charge is 2.32. The Kier molecular flexibility index (Phi) is 5.24. The molecule has 0 heterocycles. The van der Waals surface area contributed by atoms with E-state index in [4.69, 9.17) is 5.11 Å². The molecule has 0 saturated heterocycles. The monoisotopic (exact) mass is 242 g/mol. The Balaban J connectivity index is 4.42. The third-order valence-electron chi connectivity index (χ3n) is 2.98. The predicted octanol–water partition coefficient (Wildman–Crippen LogP) is 4.73. The van der Waals surface area contributed by atoms with Crippen molar-refractivity contribution >= 4 is 5.97 Å². The van der Waals surface area contributed by atoms with Crippen LogP contribution >= 0.6 is 0 Å². The van der Waals surface area contributed by atoms with Gasteiger partial charge in [-0.3, -0.25) is 4.79 Å². The van der Waals surface area contributed by atoms with Crippen LogP contribution in [-0.4, -0.2) is 11.1 Å². The molecule has 0 bridgehead atoms. The molecule has 0 unspecified atom stereocenters. The molecule has 0 atom stereocenters. The molecule has 17 heavy (non-hydrogen) atoms. The van der Waals surface area contributed by atoms with Gasteiger partial charge in [0.25, 0.3) is 0 Å². The number of aliphatic carboxylic acids is 1. The van der Waals surface area contributed by atoms with Crippen molar-refractivity contribution in [3.8, 4) is 0 Å². The molecule has 0 amide bonds. The quantitative estimate of drug-likeness (QED) is 0.731. The summed E-state index contributed by atoms with van der Waals surface area (Å²) in [4.78, 5) is 10.6. The van der Waals surface area contributed by atoms with Crippen LogP contribution in [0.25, 0.3) is 0 Å². The van der Waals surface area contributed by atoms with Crippen LogP contribution in [0.3, 0.4) is 0 Å². The van der Waals surface area contributed by atoms with Gasteiger partial charge in [0, 0.05) is 6.42 Å². The first kappa shape index (κ1) is 16.5. The van der Waals surface area contributed by atoms with E-state index < -0.39 is 5.97 Å². The Morgan fingerprint density at radius 3 is 1.71 bits per heavy atom. The fraction of sp³-hybridized carbons (Fsp3) is 0.933. The molecular formula is C15H30O2. The summed E-state index contributed by atoms with van der Waals surface area (Å²) < 4.78 is 0. The standard InChI is InChI=1S/C15H30O2/c1-13(2,3)10-15(6,7)11-14(4,5)9-8-12(16)17/h8-11H2,1-7H3,(H,16,17). The number of rotatable bonds is 6. The molecule has 0 aliphatic heterocycles. The van der Waals surface area contributed by atoms with Gasteiger partial charge in [0.1, 0.15) is 0 Å². The molecular weight excluding hydrogens is 212 g/mol. The molecule has 0 radical (unpaired) electrons. The minimum Gasteiger partial charge on any atom is -0.481 e. The van der Waals surface area contributed by atoms with E-state index in [0.717, 1.165) is 19.3 Å². The first-order valence-electron chi connectivity index (χ1n) is 6.55. The lowest BCUT2D eigenvalue weighted by atomic mass is 9.67. The molecule has 0 aromatic rings. The third kappa shape index (κ3) is 9.20. The fourth-order valence-corrected chi connectivity index (χ4v) is 3.33. The van der Waals surface area contributed by atoms with E-state index in [9.17, 15) is 4.79 Å². The van der Waals surface area contributed by atoms with E-state index >= 15 is 0 Å². The van der Waals surface area contributed by atoms with Crippen LogP contribution in [0.5, 0.6) is 0 Å². The molecule has 0 aromatic heterocycles. The SMILES string of the molecule is CC(C)(C)CC(C)(C)CC(C)(C)CCC(=O)O. The molecule has 1 N–H and O–H groups in total. The smallest absolute Gasteiger partial charge is 0.303 e. The molecule has 2 heteroatoms. The van der Waals surface area contributed by atoms with Crippen LogP contribution in [0.1, 0.15) is 74.1 Å². The van der Waals surface area contributed by atoms with Gasteiger partial charge in [-0.1, -0.05) is 48.5 Å². The van der Waals surface area contributed by atoms with Crippen molar-refractivity contribution in [1.29, 1.82) is 0 Å². The molecule has 102 valence electrons. The number of hydrogen-bond donors (Lipinski definition) is 1. The molecule has 2 nitrogen and oxygen atoms in total. The second kappa shape index (κ2) is 5.41. The molecule has 0 aromatic carbocycles. The Labute approximate surface area is 107 Å². The number of carboxylic acid groups (broad SMARTS) is 1. The average molecular weight is 242 g/mol. The van der Waals surface area contributed by atoms with Gasteiger partial charge in [0.05, 0.1) is 0 Å². The van der Waals surface area contributed by atoms with Crippen molar-refractivity contribution < 1.29 is 9.90 Å². The van der Waals surface area contributed by atoms with Crippen LogP contribution in [-0.2, 0) is 4.79 Å². The molecule has 0 rings (SSSR count). The van der Waals surface area contributed by atoms with Gasteiger partial charge in [0.15, 0.2) is 0 Å². The minimum absolute atomic E-state index is 0.104. The van der Waals surface area contributed by atoms with E-state index in [1.54, 1.807) is 0 Å². The lowest BCUT2D eigenvalue weighted by molar-refractivity contribution is -0.137. The Bertz CT molecular complexity index is 257. The van der Waals surface area contributed by atoms with Crippen molar-refractivity contribution in [1.82, 2.24) is 0 Å². The van der Waals surface area contributed by atoms with Crippen LogP contribution in [0, 0.1) is 16.2 Å². The summed E-state index contributed by atoms with van der Waals surface area (Å²) in [6.45, 7) is 15.7. The minimum atomic E-state index is -0.688. The van der Waals surface area contributed by atoms with Gasteiger partial charge >= 0.3 is 5.97 Å². The molecule has 0 spiro atoms. The van der Waals surface area contributed by atoms with Gasteiger partial charge in [-0.25, -0.2) is 0 Å². The molecule has 0 aliphatic rings. The Morgan fingerprint density at radius 2 is 1.35 bits per heavy atom.